The molecule has 6 heteroatoms. The molecule has 2 atom stereocenters. The number of likely N-dealkylation sites (N-methyl/N-ethyl adjacent to an activating group) is 1. The molecule has 1 aromatic rings. The van der Waals surface area contributed by atoms with Crippen LogP contribution in [0.1, 0.15) is 18.1 Å². The Kier molecular flexibility index (Phi) is 4.49. The first-order chi connectivity index (χ1) is 9.68. The zero-order valence-electron chi connectivity index (χ0n) is 12.6. The summed E-state index contributed by atoms with van der Waals surface area (Å²) in [7, 11) is 4.02. The van der Waals surface area contributed by atoms with Crippen LogP contribution in [0.25, 0.3) is 0 Å². The van der Waals surface area contributed by atoms with Gasteiger partial charge in [-0.25, -0.2) is 0 Å². The minimum atomic E-state index is -4.36. The number of benzene rings is 1. The van der Waals surface area contributed by atoms with Gasteiger partial charge in [-0.1, -0.05) is 13.0 Å². The largest absolute Gasteiger partial charge is 0.416 e. The van der Waals surface area contributed by atoms with E-state index in [9.17, 15) is 13.2 Å². The van der Waals surface area contributed by atoms with E-state index in [1.165, 1.54) is 12.1 Å². The molecule has 0 radical (unpaired) electrons. The van der Waals surface area contributed by atoms with Gasteiger partial charge >= 0.3 is 6.18 Å². The molecule has 1 aliphatic heterocycles. The number of hydrogen-bond acceptors (Lipinski definition) is 3. The number of nitrogens with zero attached hydrogens (tertiary/aromatic N) is 2. The monoisotopic (exact) mass is 301 g/mol. The highest BCUT2D eigenvalue weighted by atomic mass is 19.4. The topological polar surface area (TPSA) is 32.5 Å². The van der Waals surface area contributed by atoms with Crippen LogP contribution in [0.15, 0.2) is 18.2 Å². The maximum Gasteiger partial charge on any atom is 0.416 e. The second kappa shape index (κ2) is 5.85. The Balaban J connectivity index is 2.18. The van der Waals surface area contributed by atoms with Crippen LogP contribution >= 0.6 is 0 Å². The van der Waals surface area contributed by atoms with Gasteiger partial charge in [0.25, 0.3) is 0 Å². The zero-order chi connectivity index (χ0) is 15.8. The zero-order valence-corrected chi connectivity index (χ0v) is 12.6. The van der Waals surface area contributed by atoms with Crippen molar-refractivity contribution in [3.63, 3.8) is 0 Å². The summed E-state index contributed by atoms with van der Waals surface area (Å²) in [6, 6.07) is 4.44. The molecule has 1 aromatic carbocycles. The van der Waals surface area contributed by atoms with Crippen molar-refractivity contribution in [1.82, 2.24) is 9.80 Å². The maximum absolute atomic E-state index is 13.1. The van der Waals surface area contributed by atoms with Crippen molar-refractivity contribution in [2.45, 2.75) is 25.7 Å². The third-order valence-electron chi connectivity index (χ3n) is 4.14. The molecule has 3 nitrogen and oxygen atoms in total. The fourth-order valence-corrected chi connectivity index (χ4v) is 3.09. The molecule has 0 amide bonds. The highest BCUT2D eigenvalue weighted by Crippen LogP contribution is 2.34. The SMILES string of the molecule is CC1CN(Cc2ccc(N)cc2C(F)(F)F)CC1N(C)C. The van der Waals surface area contributed by atoms with Crippen molar-refractivity contribution in [2.24, 2.45) is 5.92 Å². The highest BCUT2D eigenvalue weighted by molar-refractivity contribution is 5.46. The van der Waals surface area contributed by atoms with Gasteiger partial charge < -0.3 is 10.6 Å². The van der Waals surface area contributed by atoms with Gasteiger partial charge in [0.1, 0.15) is 0 Å². The van der Waals surface area contributed by atoms with Crippen molar-refractivity contribution in [3.8, 4) is 0 Å². The van der Waals surface area contributed by atoms with Crippen molar-refractivity contribution < 1.29 is 13.2 Å². The Labute approximate surface area is 123 Å². The summed E-state index contributed by atoms with van der Waals surface area (Å²) in [5.41, 5.74) is 5.31. The number of anilines is 1. The van der Waals surface area contributed by atoms with Gasteiger partial charge in [-0.05, 0) is 37.7 Å². The summed E-state index contributed by atoms with van der Waals surface area (Å²) in [4.78, 5) is 4.22. The van der Waals surface area contributed by atoms with Gasteiger partial charge in [0.05, 0.1) is 5.56 Å². The summed E-state index contributed by atoms with van der Waals surface area (Å²) in [6.07, 6.45) is -4.36. The molecule has 1 fully saturated rings. The van der Waals surface area contributed by atoms with Gasteiger partial charge in [-0.2, -0.15) is 13.2 Å². The van der Waals surface area contributed by atoms with Gasteiger partial charge in [0.15, 0.2) is 0 Å². The van der Waals surface area contributed by atoms with Crippen LogP contribution in [0.4, 0.5) is 18.9 Å². The Hall–Kier alpha value is -1.27. The Morgan fingerprint density at radius 1 is 1.29 bits per heavy atom. The smallest absolute Gasteiger partial charge is 0.399 e. The molecule has 1 saturated heterocycles. The Morgan fingerprint density at radius 2 is 1.95 bits per heavy atom. The summed E-state index contributed by atoms with van der Waals surface area (Å²) in [6.45, 7) is 4.04. The van der Waals surface area contributed by atoms with Crippen LogP contribution in [-0.4, -0.2) is 43.0 Å². The van der Waals surface area contributed by atoms with E-state index < -0.39 is 11.7 Å². The van der Waals surface area contributed by atoms with Crippen LogP contribution < -0.4 is 5.73 Å². The third kappa shape index (κ3) is 3.68. The Morgan fingerprint density at radius 3 is 2.48 bits per heavy atom. The standard InChI is InChI=1S/C15H22F3N3/c1-10-7-21(9-14(10)20(2)3)8-11-4-5-12(19)6-13(11)15(16,17)18/h4-6,10,14H,7-9,19H2,1-3H3. The third-order valence-corrected chi connectivity index (χ3v) is 4.14. The fraction of sp³-hybridized carbons (Fsp3) is 0.600. The van der Waals surface area contributed by atoms with E-state index in [4.69, 9.17) is 5.73 Å². The number of nitrogens with two attached hydrogens (primary N) is 1. The van der Waals surface area contributed by atoms with Crippen LogP contribution in [-0.2, 0) is 12.7 Å². The lowest BCUT2D eigenvalue weighted by Gasteiger charge is -2.23. The fourth-order valence-electron chi connectivity index (χ4n) is 3.09. The molecule has 0 aromatic heterocycles. The summed E-state index contributed by atoms with van der Waals surface area (Å²) in [5, 5.41) is 0. The van der Waals surface area contributed by atoms with Gasteiger partial charge in [-0.15, -0.1) is 0 Å². The Bertz CT molecular complexity index is 499. The van der Waals surface area contributed by atoms with E-state index in [1.807, 2.05) is 14.1 Å². The van der Waals surface area contributed by atoms with Crippen LogP contribution in [0.3, 0.4) is 0 Å². The molecule has 0 aliphatic carbocycles. The van der Waals surface area contributed by atoms with Crippen molar-refractivity contribution in [1.29, 1.82) is 0 Å². The molecule has 0 spiro atoms. The van der Waals surface area contributed by atoms with Crippen molar-refractivity contribution >= 4 is 5.69 Å². The van der Waals surface area contributed by atoms with E-state index in [0.29, 0.717) is 24.1 Å². The van der Waals surface area contributed by atoms with Crippen LogP contribution in [0.2, 0.25) is 0 Å². The van der Waals surface area contributed by atoms with Crippen LogP contribution in [0, 0.1) is 5.92 Å². The second-order valence-electron chi connectivity index (χ2n) is 6.12. The maximum atomic E-state index is 13.1. The molecule has 2 N–H and O–H groups in total. The number of rotatable bonds is 3. The first-order valence-electron chi connectivity index (χ1n) is 7.03. The molecule has 1 aliphatic rings. The predicted molar refractivity (Wildman–Crippen MR) is 77.8 cm³/mol. The molecule has 2 rings (SSSR count). The lowest BCUT2D eigenvalue weighted by molar-refractivity contribution is -0.138. The number of likely N-dealkylation sites (tertiary alicyclic amines) is 1. The number of halogens is 3. The minimum Gasteiger partial charge on any atom is -0.399 e. The van der Waals surface area contributed by atoms with E-state index in [1.54, 1.807) is 0 Å². The average Bonchev–Trinajstić information content (AvgIpc) is 2.71. The lowest BCUT2D eigenvalue weighted by atomic mass is 10.1. The summed E-state index contributed by atoms with van der Waals surface area (Å²) >= 11 is 0. The van der Waals surface area contributed by atoms with Gasteiger partial charge in [0.2, 0.25) is 0 Å². The first kappa shape index (κ1) is 16.1. The second-order valence-corrected chi connectivity index (χ2v) is 6.12. The van der Waals surface area contributed by atoms with E-state index >= 15 is 0 Å². The van der Waals surface area contributed by atoms with E-state index in [-0.39, 0.29) is 5.69 Å². The number of nitrogen functional groups attached to an aromatic ring is 1. The minimum absolute atomic E-state index is 0.145. The quantitative estimate of drug-likeness (QED) is 0.871. The highest BCUT2D eigenvalue weighted by Gasteiger charge is 2.36. The molecule has 1 heterocycles. The molecular formula is C15H22F3N3. The van der Waals surface area contributed by atoms with Crippen LogP contribution in [0.5, 0.6) is 0 Å². The van der Waals surface area contributed by atoms with Gasteiger partial charge in [-0.3, -0.25) is 4.90 Å². The van der Waals surface area contributed by atoms with Gasteiger partial charge in [0, 0.05) is 31.4 Å². The molecule has 0 bridgehead atoms. The normalized spacial score (nSPS) is 24.0. The number of alkyl halides is 3. The average molecular weight is 301 g/mol. The summed E-state index contributed by atoms with van der Waals surface area (Å²) in [5.74, 6) is 0.447. The molecule has 118 valence electrons. The lowest BCUT2D eigenvalue weighted by Crippen LogP contribution is -2.34. The molecule has 0 saturated carbocycles. The number of hydrogen-bond donors (Lipinski definition) is 1. The van der Waals surface area contributed by atoms with E-state index in [0.717, 1.165) is 19.2 Å². The predicted octanol–water partition coefficient (Wildman–Crippen LogP) is 2.67. The molecule has 21 heavy (non-hydrogen) atoms. The summed E-state index contributed by atoms with van der Waals surface area (Å²) < 4.78 is 39.3. The van der Waals surface area contributed by atoms with Crippen molar-refractivity contribution in [3.05, 3.63) is 29.3 Å². The van der Waals surface area contributed by atoms with E-state index in [2.05, 4.69) is 16.7 Å². The van der Waals surface area contributed by atoms with Crippen molar-refractivity contribution in [2.75, 3.05) is 32.9 Å². The first-order valence-corrected chi connectivity index (χ1v) is 7.03. The molecule has 2 unspecified atom stereocenters. The molecular weight excluding hydrogens is 279 g/mol.